The van der Waals surface area contributed by atoms with Gasteiger partial charge in [-0.3, -0.25) is 0 Å². The molecule has 2 aromatic rings. The van der Waals surface area contributed by atoms with Gasteiger partial charge in [0.15, 0.2) is 12.3 Å². The van der Waals surface area contributed by atoms with Crippen molar-refractivity contribution < 1.29 is 23.8 Å². The zero-order chi connectivity index (χ0) is 18.4. The highest BCUT2D eigenvalue weighted by Crippen LogP contribution is 2.24. The van der Waals surface area contributed by atoms with E-state index in [1.165, 1.54) is 0 Å². The predicted octanol–water partition coefficient (Wildman–Crippen LogP) is 2.97. The number of para-hydroxylation sites is 1. The van der Waals surface area contributed by atoms with E-state index in [0.29, 0.717) is 11.3 Å². The van der Waals surface area contributed by atoms with E-state index < -0.39 is 11.9 Å². The summed E-state index contributed by atoms with van der Waals surface area (Å²) in [7, 11) is 0. The van der Waals surface area contributed by atoms with E-state index >= 15 is 0 Å². The van der Waals surface area contributed by atoms with Crippen LogP contribution >= 0.6 is 0 Å². The maximum Gasteiger partial charge on any atom is 0.363 e. The molecule has 0 fully saturated rings. The Morgan fingerprint density at radius 1 is 1.12 bits per heavy atom. The molecule has 1 aliphatic heterocycles. The second-order valence-corrected chi connectivity index (χ2v) is 5.33. The van der Waals surface area contributed by atoms with E-state index in [-0.39, 0.29) is 24.8 Å². The molecule has 3 rings (SSSR count). The summed E-state index contributed by atoms with van der Waals surface area (Å²) in [5, 5.41) is 0. The molecular formula is C20H17NO5. The van der Waals surface area contributed by atoms with Crippen molar-refractivity contribution in [1.82, 2.24) is 0 Å². The van der Waals surface area contributed by atoms with Crippen LogP contribution < -0.4 is 4.74 Å². The van der Waals surface area contributed by atoms with E-state index in [1.807, 2.05) is 30.3 Å². The van der Waals surface area contributed by atoms with Gasteiger partial charge in [0.1, 0.15) is 5.75 Å². The summed E-state index contributed by atoms with van der Waals surface area (Å²) in [5.74, 6) is -0.292. The van der Waals surface area contributed by atoms with Gasteiger partial charge in [0.25, 0.3) is 0 Å². The monoisotopic (exact) mass is 351 g/mol. The summed E-state index contributed by atoms with van der Waals surface area (Å²) in [6, 6.07) is 16.2. The number of benzene rings is 2. The van der Waals surface area contributed by atoms with E-state index in [9.17, 15) is 9.59 Å². The van der Waals surface area contributed by atoms with Crippen LogP contribution in [0.3, 0.4) is 0 Å². The van der Waals surface area contributed by atoms with Crippen LogP contribution in [0.25, 0.3) is 6.08 Å². The van der Waals surface area contributed by atoms with Gasteiger partial charge in [0.2, 0.25) is 5.90 Å². The number of aliphatic imine (C=N–C) groups is 1. The fraction of sp³-hybridized carbons (Fsp3) is 0.150. The van der Waals surface area contributed by atoms with E-state index in [4.69, 9.17) is 14.2 Å². The number of carbonyl (C=O) groups is 2. The van der Waals surface area contributed by atoms with Gasteiger partial charge in [0, 0.05) is 11.1 Å². The molecule has 0 saturated carbocycles. The maximum atomic E-state index is 12.1. The summed E-state index contributed by atoms with van der Waals surface area (Å²) in [6.45, 7) is 1.80. The van der Waals surface area contributed by atoms with Gasteiger partial charge >= 0.3 is 11.9 Å². The van der Waals surface area contributed by atoms with Crippen molar-refractivity contribution in [3.05, 3.63) is 71.4 Å². The van der Waals surface area contributed by atoms with Gasteiger partial charge in [0.05, 0.1) is 6.61 Å². The molecule has 0 atom stereocenters. The van der Waals surface area contributed by atoms with Crippen LogP contribution in [0.1, 0.15) is 18.1 Å². The molecule has 1 heterocycles. The highest BCUT2D eigenvalue weighted by atomic mass is 16.6. The first-order valence-corrected chi connectivity index (χ1v) is 8.13. The molecule has 0 N–H and O–H groups in total. The Morgan fingerprint density at radius 2 is 1.85 bits per heavy atom. The molecule has 0 bridgehead atoms. The minimum absolute atomic E-state index is 0.163. The maximum absolute atomic E-state index is 12.1. The molecule has 6 nitrogen and oxygen atoms in total. The minimum Gasteiger partial charge on any atom is -0.481 e. The van der Waals surface area contributed by atoms with E-state index in [2.05, 4.69) is 4.99 Å². The van der Waals surface area contributed by atoms with Crippen LogP contribution in [0, 0.1) is 0 Å². The molecule has 0 spiro atoms. The third kappa shape index (κ3) is 4.16. The second kappa shape index (κ2) is 8.11. The van der Waals surface area contributed by atoms with Gasteiger partial charge < -0.3 is 14.2 Å². The van der Waals surface area contributed by atoms with Crippen LogP contribution in [0.5, 0.6) is 5.75 Å². The normalized spacial score (nSPS) is 14.7. The van der Waals surface area contributed by atoms with Gasteiger partial charge in [-0.05, 0) is 31.2 Å². The number of ether oxygens (including phenoxy) is 3. The van der Waals surface area contributed by atoms with Crippen LogP contribution in [0.15, 0.2) is 65.3 Å². The summed E-state index contributed by atoms with van der Waals surface area (Å²) in [4.78, 5) is 27.8. The van der Waals surface area contributed by atoms with Gasteiger partial charge in [-0.1, -0.05) is 36.4 Å². The molecule has 0 unspecified atom stereocenters. The van der Waals surface area contributed by atoms with Gasteiger partial charge in [-0.15, -0.1) is 0 Å². The summed E-state index contributed by atoms with van der Waals surface area (Å²) in [5.41, 5.74) is 1.49. The predicted molar refractivity (Wildman–Crippen MR) is 95.6 cm³/mol. The SMILES string of the molecule is CCOC(=O)COc1ccccc1C=C1N=C(c2ccccc2)OC1=O. The number of carbonyl (C=O) groups excluding carboxylic acids is 2. The molecule has 2 aromatic carbocycles. The quantitative estimate of drug-likeness (QED) is 0.591. The molecule has 0 radical (unpaired) electrons. The van der Waals surface area contributed by atoms with Crippen molar-refractivity contribution >= 4 is 23.9 Å². The largest absolute Gasteiger partial charge is 0.481 e. The van der Waals surface area contributed by atoms with E-state index in [1.54, 1.807) is 37.3 Å². The number of esters is 2. The van der Waals surface area contributed by atoms with Crippen molar-refractivity contribution in [2.24, 2.45) is 4.99 Å². The van der Waals surface area contributed by atoms with Crippen LogP contribution in [0.2, 0.25) is 0 Å². The Bertz CT molecular complexity index is 871. The minimum atomic E-state index is -0.538. The molecule has 0 aliphatic carbocycles. The first-order valence-electron chi connectivity index (χ1n) is 8.13. The lowest BCUT2D eigenvalue weighted by atomic mass is 10.1. The number of hydrogen-bond donors (Lipinski definition) is 0. The zero-order valence-corrected chi connectivity index (χ0v) is 14.2. The van der Waals surface area contributed by atoms with Crippen molar-refractivity contribution in [2.45, 2.75) is 6.92 Å². The molecule has 0 amide bonds. The van der Waals surface area contributed by atoms with Crippen molar-refractivity contribution in [3.8, 4) is 5.75 Å². The van der Waals surface area contributed by atoms with Gasteiger partial charge in [-0.2, -0.15) is 0 Å². The number of cyclic esters (lactones) is 1. The molecule has 1 aliphatic rings. The average molecular weight is 351 g/mol. The lowest BCUT2D eigenvalue weighted by molar-refractivity contribution is -0.145. The Hall–Kier alpha value is -3.41. The standard InChI is InChI=1S/C20H17NO5/c1-2-24-18(22)13-25-17-11-7-6-10-15(17)12-16-20(23)26-19(21-16)14-8-4-3-5-9-14/h3-12H,2,13H2,1H3. The van der Waals surface area contributed by atoms with Crippen LogP contribution in [0.4, 0.5) is 0 Å². The molecule has 0 saturated heterocycles. The Kier molecular flexibility index (Phi) is 5.43. The van der Waals surface area contributed by atoms with Crippen molar-refractivity contribution in [1.29, 1.82) is 0 Å². The fourth-order valence-electron chi connectivity index (χ4n) is 2.33. The Labute approximate surface area is 150 Å². The molecule has 132 valence electrons. The fourth-order valence-corrected chi connectivity index (χ4v) is 2.33. The second-order valence-electron chi connectivity index (χ2n) is 5.33. The van der Waals surface area contributed by atoms with Crippen LogP contribution in [-0.4, -0.2) is 31.1 Å². The first kappa shape index (κ1) is 17.4. The van der Waals surface area contributed by atoms with E-state index in [0.717, 1.165) is 5.56 Å². The number of nitrogens with zero attached hydrogens (tertiary/aromatic N) is 1. The third-order valence-corrected chi connectivity index (χ3v) is 3.50. The molecular weight excluding hydrogens is 334 g/mol. The summed E-state index contributed by atoms with van der Waals surface area (Å²) < 4.78 is 15.6. The topological polar surface area (TPSA) is 74.2 Å². The van der Waals surface area contributed by atoms with Crippen molar-refractivity contribution in [3.63, 3.8) is 0 Å². The Morgan fingerprint density at radius 3 is 2.62 bits per heavy atom. The highest BCUT2D eigenvalue weighted by molar-refractivity contribution is 6.12. The van der Waals surface area contributed by atoms with Crippen LogP contribution in [-0.2, 0) is 19.1 Å². The van der Waals surface area contributed by atoms with Crippen molar-refractivity contribution in [2.75, 3.05) is 13.2 Å². The Balaban J connectivity index is 1.82. The number of rotatable bonds is 6. The number of hydrogen-bond acceptors (Lipinski definition) is 6. The third-order valence-electron chi connectivity index (χ3n) is 3.50. The smallest absolute Gasteiger partial charge is 0.363 e. The average Bonchev–Trinajstić information content (AvgIpc) is 3.03. The molecule has 6 heteroatoms. The lowest BCUT2D eigenvalue weighted by Crippen LogP contribution is -2.14. The lowest BCUT2D eigenvalue weighted by Gasteiger charge is -2.08. The molecule has 26 heavy (non-hydrogen) atoms. The molecule has 0 aromatic heterocycles. The highest BCUT2D eigenvalue weighted by Gasteiger charge is 2.24. The first-order chi connectivity index (χ1) is 12.7. The van der Waals surface area contributed by atoms with Gasteiger partial charge in [-0.25, -0.2) is 14.6 Å². The summed E-state index contributed by atoms with van der Waals surface area (Å²) in [6.07, 6.45) is 1.57. The zero-order valence-electron chi connectivity index (χ0n) is 14.2. The summed E-state index contributed by atoms with van der Waals surface area (Å²) >= 11 is 0.